The second kappa shape index (κ2) is 8.00. The van der Waals surface area contributed by atoms with Gasteiger partial charge in [0.1, 0.15) is 17.9 Å². The molecule has 8 nitrogen and oxygen atoms in total. The van der Waals surface area contributed by atoms with Crippen LogP contribution in [0, 0.1) is 5.82 Å². The van der Waals surface area contributed by atoms with Crippen molar-refractivity contribution in [2.75, 3.05) is 37.0 Å². The number of carbonyl (C=O) groups excluding carboxylic acids is 1. The van der Waals surface area contributed by atoms with Crippen molar-refractivity contribution in [1.29, 1.82) is 0 Å². The molecule has 1 aromatic heterocycles. The van der Waals surface area contributed by atoms with Gasteiger partial charge in [-0.15, -0.1) is 0 Å². The van der Waals surface area contributed by atoms with Gasteiger partial charge in [0.15, 0.2) is 11.4 Å². The quantitative estimate of drug-likeness (QED) is 0.582. The van der Waals surface area contributed by atoms with Crippen molar-refractivity contribution in [3.63, 3.8) is 0 Å². The number of hydrogen-bond donors (Lipinski definition) is 1. The summed E-state index contributed by atoms with van der Waals surface area (Å²) in [6, 6.07) is 8.56. The van der Waals surface area contributed by atoms with Gasteiger partial charge in [0.2, 0.25) is 0 Å². The number of halogens is 2. The molecule has 2 aliphatic rings. The molecule has 0 bridgehead atoms. The van der Waals surface area contributed by atoms with Crippen molar-refractivity contribution in [2.24, 2.45) is 0 Å². The number of fused-ring (bicyclic) bond motifs is 1. The number of nitrogens with zero attached hydrogens (tertiary/aromatic N) is 4. The second-order valence-electron chi connectivity index (χ2n) is 8.63. The van der Waals surface area contributed by atoms with E-state index in [9.17, 15) is 9.18 Å². The summed E-state index contributed by atoms with van der Waals surface area (Å²) in [7, 11) is 1.54. The molecule has 33 heavy (non-hydrogen) atoms. The highest BCUT2D eigenvalue weighted by Crippen LogP contribution is 2.41. The third-order valence-corrected chi connectivity index (χ3v) is 6.41. The van der Waals surface area contributed by atoms with E-state index in [1.807, 2.05) is 0 Å². The van der Waals surface area contributed by atoms with E-state index in [0.717, 1.165) is 0 Å². The van der Waals surface area contributed by atoms with Gasteiger partial charge in [-0.05, 0) is 32.0 Å². The molecule has 1 spiro atoms. The van der Waals surface area contributed by atoms with Gasteiger partial charge in [-0.2, -0.15) is 0 Å². The lowest BCUT2D eigenvalue weighted by Gasteiger charge is -2.47. The first kappa shape index (κ1) is 21.7. The lowest BCUT2D eigenvalue weighted by Crippen LogP contribution is -2.65. The number of amides is 1. The first-order chi connectivity index (χ1) is 15.8. The largest absolute Gasteiger partial charge is 0.494 e. The molecule has 10 heteroatoms. The molecule has 0 aliphatic carbocycles. The lowest BCUT2D eigenvalue weighted by molar-refractivity contribution is -0.0856. The number of nitrogens with one attached hydrogen (secondary N) is 1. The molecule has 2 saturated heterocycles. The number of anilines is 3. The highest BCUT2D eigenvalue weighted by atomic mass is 35.5. The Bertz CT molecular complexity index is 1250. The maximum atomic E-state index is 14.5. The Kier molecular flexibility index (Phi) is 5.25. The van der Waals surface area contributed by atoms with E-state index in [2.05, 4.69) is 34.0 Å². The van der Waals surface area contributed by atoms with Crippen LogP contribution in [0.15, 0.2) is 36.7 Å². The number of carbonyl (C=O) groups is 1. The molecule has 0 unspecified atom stereocenters. The topological polar surface area (TPSA) is 79.8 Å². The zero-order valence-corrected chi connectivity index (χ0v) is 19.2. The van der Waals surface area contributed by atoms with Crippen LogP contribution in [0.4, 0.5) is 26.4 Å². The summed E-state index contributed by atoms with van der Waals surface area (Å²) < 4.78 is 25.8. The smallest absolute Gasteiger partial charge is 0.415 e. The van der Waals surface area contributed by atoms with Crippen LogP contribution in [-0.2, 0) is 4.74 Å². The Balaban J connectivity index is 1.52. The fraction of sp³-hybridized carbons (Fsp3) is 0.348. The number of benzene rings is 2. The predicted molar refractivity (Wildman–Crippen MR) is 124 cm³/mol. The van der Waals surface area contributed by atoms with Crippen LogP contribution in [0.5, 0.6) is 5.75 Å². The number of ether oxygens (including phenoxy) is 2. The Hall–Kier alpha value is -3.17. The van der Waals surface area contributed by atoms with E-state index in [1.165, 1.54) is 19.5 Å². The van der Waals surface area contributed by atoms with Crippen LogP contribution in [0.3, 0.4) is 0 Å². The molecule has 0 atom stereocenters. The summed E-state index contributed by atoms with van der Waals surface area (Å²) in [6.45, 7) is 6.02. The maximum Gasteiger partial charge on any atom is 0.415 e. The molecule has 172 valence electrons. The number of methoxy groups -OCH3 is 1. The van der Waals surface area contributed by atoms with E-state index >= 15 is 0 Å². The molecule has 5 rings (SSSR count). The van der Waals surface area contributed by atoms with E-state index < -0.39 is 17.5 Å². The van der Waals surface area contributed by atoms with Crippen LogP contribution in [0.25, 0.3) is 10.9 Å². The average Bonchev–Trinajstić information content (AvgIpc) is 3.12. The molecule has 2 aromatic carbocycles. The molecule has 2 fully saturated rings. The van der Waals surface area contributed by atoms with Gasteiger partial charge in [-0.25, -0.2) is 19.2 Å². The summed E-state index contributed by atoms with van der Waals surface area (Å²) in [5.74, 6) is 0.279. The number of rotatable bonds is 5. The number of hydrogen-bond acceptors (Lipinski definition) is 7. The van der Waals surface area contributed by atoms with Crippen molar-refractivity contribution in [1.82, 2.24) is 14.9 Å². The van der Waals surface area contributed by atoms with Crippen molar-refractivity contribution in [2.45, 2.75) is 25.5 Å². The normalized spacial score (nSPS) is 17.5. The van der Waals surface area contributed by atoms with Gasteiger partial charge in [0, 0.05) is 30.6 Å². The van der Waals surface area contributed by atoms with E-state index in [1.54, 1.807) is 29.2 Å². The van der Waals surface area contributed by atoms with Crippen LogP contribution >= 0.6 is 11.6 Å². The highest BCUT2D eigenvalue weighted by Gasteiger charge is 2.54. The maximum absolute atomic E-state index is 14.5. The fourth-order valence-corrected chi connectivity index (χ4v) is 4.48. The molecule has 1 amide bonds. The molecule has 0 radical (unpaired) electrons. The molecular formula is C23H23ClFN5O3. The number of aromatic nitrogens is 2. The van der Waals surface area contributed by atoms with Gasteiger partial charge in [0.05, 0.1) is 35.6 Å². The Morgan fingerprint density at radius 2 is 2.03 bits per heavy atom. The molecular weight excluding hydrogens is 449 g/mol. The van der Waals surface area contributed by atoms with Crippen LogP contribution in [-0.4, -0.2) is 59.3 Å². The SMILES string of the molecule is COc1cc2ncnc(Nc3cccc(Cl)c3F)c2cc1N1CC2(CN(C(C)C)C2)OC1=O. The molecule has 1 N–H and O–H groups in total. The van der Waals surface area contributed by atoms with E-state index in [-0.39, 0.29) is 10.7 Å². The summed E-state index contributed by atoms with van der Waals surface area (Å²) in [5.41, 5.74) is 0.772. The minimum Gasteiger partial charge on any atom is -0.494 e. The highest BCUT2D eigenvalue weighted by molar-refractivity contribution is 6.31. The van der Waals surface area contributed by atoms with Gasteiger partial charge < -0.3 is 14.8 Å². The summed E-state index contributed by atoms with van der Waals surface area (Å²) in [5, 5.41) is 3.58. The first-order valence-corrected chi connectivity index (χ1v) is 11.0. The van der Waals surface area contributed by atoms with Gasteiger partial charge in [-0.3, -0.25) is 9.80 Å². The third-order valence-electron chi connectivity index (χ3n) is 6.11. The van der Waals surface area contributed by atoms with E-state index in [0.29, 0.717) is 53.8 Å². The van der Waals surface area contributed by atoms with Crippen molar-refractivity contribution >= 4 is 45.8 Å². The van der Waals surface area contributed by atoms with Crippen LogP contribution in [0.1, 0.15) is 13.8 Å². The first-order valence-electron chi connectivity index (χ1n) is 10.6. The van der Waals surface area contributed by atoms with Crippen molar-refractivity contribution < 1.29 is 18.7 Å². The van der Waals surface area contributed by atoms with Gasteiger partial charge in [-0.1, -0.05) is 17.7 Å². The average molecular weight is 472 g/mol. The summed E-state index contributed by atoms with van der Waals surface area (Å²) >= 11 is 5.92. The second-order valence-corrected chi connectivity index (χ2v) is 9.03. The zero-order valence-electron chi connectivity index (χ0n) is 18.4. The van der Waals surface area contributed by atoms with Gasteiger partial charge in [0.25, 0.3) is 0 Å². The van der Waals surface area contributed by atoms with Crippen molar-refractivity contribution in [3.05, 3.63) is 47.5 Å². The van der Waals surface area contributed by atoms with Gasteiger partial charge >= 0.3 is 6.09 Å². The van der Waals surface area contributed by atoms with Crippen LogP contribution in [0.2, 0.25) is 5.02 Å². The Morgan fingerprint density at radius 1 is 1.24 bits per heavy atom. The van der Waals surface area contributed by atoms with Crippen LogP contribution < -0.4 is 15.0 Å². The van der Waals surface area contributed by atoms with Crippen molar-refractivity contribution in [3.8, 4) is 5.75 Å². The minimum absolute atomic E-state index is 0.00164. The summed E-state index contributed by atoms with van der Waals surface area (Å²) in [6.07, 6.45) is 0.948. The monoisotopic (exact) mass is 471 g/mol. The molecule has 0 saturated carbocycles. The Morgan fingerprint density at radius 3 is 2.76 bits per heavy atom. The predicted octanol–water partition coefficient (Wildman–Crippen LogP) is 4.59. The number of likely N-dealkylation sites (tertiary alicyclic amines) is 1. The fourth-order valence-electron chi connectivity index (χ4n) is 4.31. The minimum atomic E-state index is -0.579. The molecule has 3 heterocycles. The Labute approximate surface area is 195 Å². The standard InChI is InChI=1S/C23H23ClFN5O3/c1-13(2)29-9-23(10-29)11-30(22(31)33-23)18-7-14-17(8-19(18)32-3)26-12-27-21(14)28-16-6-4-5-15(24)20(16)25/h4-8,12-13H,9-11H2,1-3H3,(H,26,27,28). The molecule has 3 aromatic rings. The zero-order chi connectivity index (χ0) is 23.3. The third kappa shape index (κ3) is 3.71. The van der Waals surface area contributed by atoms with E-state index in [4.69, 9.17) is 21.1 Å². The summed E-state index contributed by atoms with van der Waals surface area (Å²) in [4.78, 5) is 25.3. The lowest BCUT2D eigenvalue weighted by atomic mass is 9.92. The molecule has 2 aliphatic heterocycles.